The molecule has 4 rings (SSSR count). The average molecular weight is 601 g/mol. The third-order valence-corrected chi connectivity index (χ3v) is 7.80. The van der Waals surface area contributed by atoms with E-state index in [9.17, 15) is 27.6 Å². The first-order chi connectivity index (χ1) is 20.0. The van der Waals surface area contributed by atoms with Gasteiger partial charge in [0.15, 0.2) is 12.4 Å². The molecule has 0 unspecified atom stereocenters. The molecule has 13 heteroatoms. The van der Waals surface area contributed by atoms with Crippen LogP contribution in [0.3, 0.4) is 0 Å². The minimum absolute atomic E-state index is 0.0666. The van der Waals surface area contributed by atoms with Crippen molar-refractivity contribution in [2.45, 2.75) is 58.4 Å². The van der Waals surface area contributed by atoms with E-state index < -0.39 is 33.5 Å². The lowest BCUT2D eigenvalue weighted by Crippen LogP contribution is -2.33. The van der Waals surface area contributed by atoms with Gasteiger partial charge in [0, 0.05) is 73.6 Å². The number of fused-ring (bicyclic) bond motifs is 1. The molecule has 42 heavy (non-hydrogen) atoms. The summed E-state index contributed by atoms with van der Waals surface area (Å²) >= 11 is 0. The SMILES string of the molecule is CCN(CCCCCC(=O)ON1C(=O)CCC1=O)c1ccc2cc(-c3cc[n+](CCCS(=O)(=O)O)cc3)c(=O)oc2c1. The van der Waals surface area contributed by atoms with E-state index >= 15 is 0 Å². The Morgan fingerprint density at radius 1 is 1.02 bits per heavy atom. The predicted octanol–water partition coefficient (Wildman–Crippen LogP) is 3.02. The molecule has 1 fully saturated rings. The maximum Gasteiger partial charge on any atom is 0.344 e. The van der Waals surface area contributed by atoms with Crippen molar-refractivity contribution in [2.75, 3.05) is 23.7 Å². The van der Waals surface area contributed by atoms with E-state index in [4.69, 9.17) is 13.8 Å². The van der Waals surface area contributed by atoms with Crippen LogP contribution in [0.1, 0.15) is 51.9 Å². The monoisotopic (exact) mass is 600 g/mol. The number of nitrogens with zero attached hydrogens (tertiary/aromatic N) is 3. The number of imide groups is 1. The molecular formula is C29H34N3O9S+. The first kappa shape index (κ1) is 30.8. The van der Waals surface area contributed by atoms with Gasteiger partial charge in [-0.2, -0.15) is 8.42 Å². The minimum atomic E-state index is -4.00. The molecule has 0 radical (unpaired) electrons. The highest BCUT2D eigenvalue weighted by Gasteiger charge is 2.32. The van der Waals surface area contributed by atoms with Crippen molar-refractivity contribution in [1.29, 1.82) is 0 Å². The summed E-state index contributed by atoms with van der Waals surface area (Å²) in [5, 5.41) is 1.33. The minimum Gasteiger partial charge on any atom is -0.422 e. The lowest BCUT2D eigenvalue weighted by Gasteiger charge is -2.23. The molecule has 0 atom stereocenters. The Balaban J connectivity index is 1.32. The van der Waals surface area contributed by atoms with Crippen LogP contribution in [-0.2, 0) is 35.9 Å². The number of carbonyl (C=O) groups is 3. The van der Waals surface area contributed by atoms with Gasteiger partial charge in [0.05, 0.1) is 11.3 Å². The van der Waals surface area contributed by atoms with Gasteiger partial charge in [-0.15, -0.1) is 5.06 Å². The van der Waals surface area contributed by atoms with Gasteiger partial charge < -0.3 is 14.2 Å². The molecule has 1 aromatic carbocycles. The summed E-state index contributed by atoms with van der Waals surface area (Å²) in [6.07, 6.45) is 6.10. The van der Waals surface area contributed by atoms with Crippen LogP contribution in [0.15, 0.2) is 58.0 Å². The molecule has 0 bridgehead atoms. The van der Waals surface area contributed by atoms with E-state index in [2.05, 4.69) is 4.90 Å². The maximum atomic E-state index is 12.8. The zero-order valence-electron chi connectivity index (χ0n) is 23.4. The Bertz CT molecular complexity index is 1600. The van der Waals surface area contributed by atoms with Gasteiger partial charge in [-0.3, -0.25) is 14.1 Å². The van der Waals surface area contributed by atoms with Crippen LogP contribution in [0.5, 0.6) is 0 Å². The number of anilines is 1. The Morgan fingerprint density at radius 2 is 1.74 bits per heavy atom. The highest BCUT2D eigenvalue weighted by atomic mass is 32.2. The molecule has 1 N–H and O–H groups in total. The molecule has 224 valence electrons. The number of benzene rings is 1. The zero-order chi connectivity index (χ0) is 30.3. The van der Waals surface area contributed by atoms with Crippen molar-refractivity contribution >= 4 is 44.6 Å². The summed E-state index contributed by atoms with van der Waals surface area (Å²) in [5.74, 6) is -1.90. The number of hydroxylamine groups is 2. The summed E-state index contributed by atoms with van der Waals surface area (Å²) in [6.45, 7) is 3.87. The molecule has 2 aromatic heterocycles. The smallest absolute Gasteiger partial charge is 0.344 e. The highest BCUT2D eigenvalue weighted by Crippen LogP contribution is 2.25. The number of aromatic nitrogens is 1. The summed E-state index contributed by atoms with van der Waals surface area (Å²) in [7, 11) is -4.00. The molecule has 0 aliphatic carbocycles. The van der Waals surface area contributed by atoms with Gasteiger partial charge in [0.25, 0.3) is 21.9 Å². The number of rotatable bonds is 14. The van der Waals surface area contributed by atoms with E-state index in [0.717, 1.165) is 37.0 Å². The first-order valence-electron chi connectivity index (χ1n) is 13.9. The van der Waals surface area contributed by atoms with Crippen molar-refractivity contribution in [3.05, 3.63) is 59.2 Å². The molecule has 0 spiro atoms. The number of carbonyl (C=O) groups excluding carboxylic acids is 3. The van der Waals surface area contributed by atoms with Crippen LogP contribution in [0.4, 0.5) is 5.69 Å². The summed E-state index contributed by atoms with van der Waals surface area (Å²) in [4.78, 5) is 55.0. The molecule has 1 aliphatic heterocycles. The van der Waals surface area contributed by atoms with Crippen LogP contribution in [0, 0.1) is 0 Å². The topological polar surface area (TPSA) is 155 Å². The Morgan fingerprint density at radius 3 is 2.40 bits per heavy atom. The van der Waals surface area contributed by atoms with Crippen LogP contribution in [-0.4, -0.2) is 54.7 Å². The summed E-state index contributed by atoms with van der Waals surface area (Å²) in [5.41, 5.74) is 1.96. The van der Waals surface area contributed by atoms with Crippen molar-refractivity contribution in [3.8, 4) is 11.1 Å². The van der Waals surface area contributed by atoms with Crippen LogP contribution < -0.4 is 15.1 Å². The quantitative estimate of drug-likeness (QED) is 0.0960. The number of hydrogen-bond acceptors (Lipinski definition) is 9. The highest BCUT2D eigenvalue weighted by molar-refractivity contribution is 7.85. The second kappa shape index (κ2) is 13.7. The standard InChI is InChI=1S/C29H33N3O9S/c1-2-31(15-5-3-4-7-28(35)41-32-26(33)10-11-27(32)34)23-9-8-22-19-24(29(36)40-25(22)20-23)21-12-16-30(17-13-21)14-6-18-42(37,38)39/h8-9,12-13,16-17,19-20H,2-7,10-11,14-15,18H2,1H3/p+1. The Labute approximate surface area is 243 Å². The second-order valence-electron chi connectivity index (χ2n) is 10.1. The third-order valence-electron chi connectivity index (χ3n) is 6.99. The van der Waals surface area contributed by atoms with Gasteiger partial charge in [0.1, 0.15) is 12.1 Å². The molecular weight excluding hydrogens is 566 g/mol. The lowest BCUT2D eigenvalue weighted by atomic mass is 10.1. The average Bonchev–Trinajstić information content (AvgIpc) is 3.26. The fourth-order valence-electron chi connectivity index (χ4n) is 4.74. The second-order valence-corrected chi connectivity index (χ2v) is 11.6. The molecule has 3 heterocycles. The first-order valence-corrected chi connectivity index (χ1v) is 15.5. The molecule has 1 aliphatic rings. The van der Waals surface area contributed by atoms with Gasteiger partial charge in [-0.05, 0) is 38.0 Å². The van der Waals surface area contributed by atoms with Crippen LogP contribution in [0.2, 0.25) is 0 Å². The fraction of sp³-hybridized carbons (Fsp3) is 0.414. The number of hydrogen-bond donors (Lipinski definition) is 1. The van der Waals surface area contributed by atoms with Gasteiger partial charge in [-0.25, -0.2) is 14.2 Å². The summed E-state index contributed by atoms with van der Waals surface area (Å²) < 4.78 is 38.1. The number of amides is 2. The number of pyridine rings is 1. The van der Waals surface area contributed by atoms with Gasteiger partial charge in [-0.1, -0.05) is 6.42 Å². The van der Waals surface area contributed by atoms with Crippen LogP contribution in [0.25, 0.3) is 22.1 Å². The summed E-state index contributed by atoms with van der Waals surface area (Å²) in [6, 6.07) is 11.0. The number of unbranched alkanes of at least 4 members (excludes halogenated alkanes) is 2. The van der Waals surface area contributed by atoms with Crippen LogP contribution >= 0.6 is 0 Å². The maximum absolute atomic E-state index is 12.8. The molecule has 1 saturated heterocycles. The number of aryl methyl sites for hydroxylation is 1. The van der Waals surface area contributed by atoms with Gasteiger partial charge in [0.2, 0.25) is 0 Å². The van der Waals surface area contributed by atoms with Crippen molar-refractivity contribution in [3.63, 3.8) is 0 Å². The van der Waals surface area contributed by atoms with Crippen molar-refractivity contribution in [2.24, 2.45) is 0 Å². The molecule has 3 aromatic rings. The third kappa shape index (κ3) is 8.23. The van der Waals surface area contributed by atoms with Crippen molar-refractivity contribution in [1.82, 2.24) is 5.06 Å². The zero-order valence-corrected chi connectivity index (χ0v) is 24.2. The van der Waals surface area contributed by atoms with Gasteiger partial charge >= 0.3 is 11.6 Å². The molecule has 2 amide bonds. The van der Waals surface area contributed by atoms with E-state index in [-0.39, 0.29) is 31.4 Å². The Hall–Kier alpha value is -4.10. The predicted molar refractivity (Wildman–Crippen MR) is 153 cm³/mol. The van der Waals surface area contributed by atoms with E-state index in [1.807, 2.05) is 25.1 Å². The molecule has 0 saturated carbocycles. The normalized spacial score (nSPS) is 13.6. The van der Waals surface area contributed by atoms with E-state index in [0.29, 0.717) is 34.7 Å². The Kier molecular flexibility index (Phi) is 10.1. The lowest BCUT2D eigenvalue weighted by molar-refractivity contribution is -0.696. The molecule has 12 nitrogen and oxygen atoms in total. The van der Waals surface area contributed by atoms with E-state index in [1.54, 1.807) is 35.2 Å². The fourth-order valence-corrected chi connectivity index (χ4v) is 5.23. The largest absolute Gasteiger partial charge is 0.422 e. The van der Waals surface area contributed by atoms with Crippen molar-refractivity contribution < 1.29 is 41.2 Å². The van der Waals surface area contributed by atoms with E-state index in [1.165, 1.54) is 0 Å².